The van der Waals surface area contributed by atoms with E-state index in [-0.39, 0.29) is 13.0 Å². The lowest BCUT2D eigenvalue weighted by molar-refractivity contribution is -0.192. The number of carboxylic acids is 1. The zero-order valence-corrected chi connectivity index (χ0v) is 16.8. The van der Waals surface area contributed by atoms with E-state index in [1.54, 1.807) is 45.9 Å². The van der Waals surface area contributed by atoms with Gasteiger partial charge in [-0.15, -0.1) is 0 Å². The Morgan fingerprint density at radius 1 is 1.23 bits per heavy atom. The maximum Gasteiger partial charge on any atom is 0.490 e. The number of pyridine rings is 1. The van der Waals surface area contributed by atoms with E-state index in [2.05, 4.69) is 10.3 Å². The summed E-state index contributed by atoms with van der Waals surface area (Å²) in [6, 6.07) is 4.30. The van der Waals surface area contributed by atoms with Gasteiger partial charge in [0, 0.05) is 12.1 Å². The number of nitrogens with one attached hydrogen (secondary N) is 1. The highest BCUT2D eigenvalue weighted by atomic mass is 19.4. The lowest BCUT2D eigenvalue weighted by atomic mass is 10.2. The molecule has 0 radical (unpaired) electrons. The van der Waals surface area contributed by atoms with Gasteiger partial charge >= 0.3 is 18.2 Å². The average Bonchev–Trinajstić information content (AvgIpc) is 2.95. The van der Waals surface area contributed by atoms with E-state index in [0.29, 0.717) is 5.82 Å². The summed E-state index contributed by atoms with van der Waals surface area (Å²) < 4.78 is 50.7. The Morgan fingerprint density at radius 3 is 2.27 bits per heavy atom. The van der Waals surface area contributed by atoms with Crippen LogP contribution in [-0.4, -0.2) is 63.5 Å². The van der Waals surface area contributed by atoms with Crippen molar-refractivity contribution in [3.63, 3.8) is 0 Å². The number of rotatable bonds is 2. The molecule has 0 aliphatic carbocycles. The molecule has 2 amide bonds. The zero-order valence-electron chi connectivity index (χ0n) is 16.8. The first-order valence-corrected chi connectivity index (χ1v) is 8.78. The molecule has 1 aromatic heterocycles. The number of aromatic nitrogens is 1. The van der Waals surface area contributed by atoms with E-state index in [4.69, 9.17) is 14.6 Å². The molecule has 2 rings (SSSR count). The number of likely N-dealkylation sites (tertiary alicyclic amines) is 1. The van der Waals surface area contributed by atoms with Gasteiger partial charge in [0.1, 0.15) is 23.6 Å². The summed E-state index contributed by atoms with van der Waals surface area (Å²) >= 11 is 0. The Bertz CT molecular complexity index is 780. The number of halogens is 4. The number of amides is 2. The predicted molar refractivity (Wildman–Crippen MR) is 97.5 cm³/mol. The number of ether oxygens (including phenoxy) is 1. The van der Waals surface area contributed by atoms with Crippen LogP contribution in [0.5, 0.6) is 0 Å². The number of hydrogen-bond acceptors (Lipinski definition) is 5. The molecule has 2 N–H and O–H groups in total. The molecule has 0 aromatic carbocycles. The van der Waals surface area contributed by atoms with Gasteiger partial charge in [0.15, 0.2) is 0 Å². The minimum Gasteiger partial charge on any atom is -0.475 e. The zero-order chi connectivity index (χ0) is 23.3. The van der Waals surface area contributed by atoms with Crippen LogP contribution in [0.15, 0.2) is 18.2 Å². The van der Waals surface area contributed by atoms with E-state index in [1.807, 2.05) is 0 Å². The number of alkyl halides is 4. The van der Waals surface area contributed by atoms with Gasteiger partial charge in [0.2, 0.25) is 5.91 Å². The fourth-order valence-electron chi connectivity index (χ4n) is 2.38. The fourth-order valence-corrected chi connectivity index (χ4v) is 2.38. The van der Waals surface area contributed by atoms with Crippen molar-refractivity contribution in [2.75, 3.05) is 11.9 Å². The van der Waals surface area contributed by atoms with Crippen LogP contribution in [0.2, 0.25) is 0 Å². The van der Waals surface area contributed by atoms with Crippen LogP contribution in [0, 0.1) is 6.92 Å². The van der Waals surface area contributed by atoms with E-state index in [9.17, 15) is 27.2 Å². The van der Waals surface area contributed by atoms with Crippen molar-refractivity contribution in [2.24, 2.45) is 0 Å². The summed E-state index contributed by atoms with van der Waals surface area (Å²) in [5.74, 6) is -2.84. The highest BCUT2D eigenvalue weighted by Crippen LogP contribution is 2.24. The Balaban J connectivity index is 0.000000553. The summed E-state index contributed by atoms with van der Waals surface area (Å²) in [6.07, 6.45) is -7.06. The summed E-state index contributed by atoms with van der Waals surface area (Å²) in [7, 11) is 0. The maximum absolute atomic E-state index is 13.7. The van der Waals surface area contributed by atoms with Crippen LogP contribution in [-0.2, 0) is 14.3 Å². The minimum absolute atomic E-state index is 0.0448. The lowest BCUT2D eigenvalue weighted by Crippen LogP contribution is -2.45. The molecular weight excluding hydrogens is 414 g/mol. The molecule has 1 aliphatic rings. The number of anilines is 1. The lowest BCUT2D eigenvalue weighted by Gasteiger charge is -2.27. The normalized spacial score (nSPS) is 18.9. The average molecular weight is 437 g/mol. The van der Waals surface area contributed by atoms with Crippen molar-refractivity contribution in [1.82, 2.24) is 9.88 Å². The third-order valence-corrected chi connectivity index (χ3v) is 3.56. The Hall–Kier alpha value is -2.92. The second-order valence-electron chi connectivity index (χ2n) is 7.44. The maximum atomic E-state index is 13.7. The van der Waals surface area contributed by atoms with Crippen molar-refractivity contribution in [3.05, 3.63) is 23.9 Å². The first-order valence-electron chi connectivity index (χ1n) is 8.78. The molecule has 1 aliphatic heterocycles. The third-order valence-electron chi connectivity index (χ3n) is 3.56. The number of aliphatic carboxylic acids is 1. The molecule has 1 saturated heterocycles. The SMILES string of the molecule is Cc1cccc(NC(=O)[C@@H]2C[C@@H](F)CN2C(=O)OC(C)(C)C)n1.O=C(O)C(F)(F)F. The van der Waals surface area contributed by atoms with Crippen LogP contribution in [0.4, 0.5) is 28.2 Å². The summed E-state index contributed by atoms with van der Waals surface area (Å²) in [5.41, 5.74) is 0.0477. The van der Waals surface area contributed by atoms with Gasteiger partial charge in [-0.3, -0.25) is 9.69 Å². The molecule has 1 fully saturated rings. The van der Waals surface area contributed by atoms with Crippen LogP contribution in [0.1, 0.15) is 32.9 Å². The highest BCUT2D eigenvalue weighted by Gasteiger charge is 2.42. The van der Waals surface area contributed by atoms with Crippen molar-refractivity contribution < 1.29 is 41.8 Å². The third kappa shape index (κ3) is 8.21. The number of carbonyl (C=O) groups is 3. The topological polar surface area (TPSA) is 109 Å². The minimum atomic E-state index is -5.08. The fraction of sp³-hybridized carbons (Fsp3) is 0.556. The van der Waals surface area contributed by atoms with Crippen molar-refractivity contribution in [2.45, 2.75) is 58.1 Å². The quantitative estimate of drug-likeness (QED) is 0.688. The number of aryl methyl sites for hydroxylation is 1. The number of hydrogen-bond donors (Lipinski definition) is 2. The van der Waals surface area contributed by atoms with E-state index in [0.717, 1.165) is 10.6 Å². The molecule has 1 aromatic rings. The van der Waals surface area contributed by atoms with Crippen LogP contribution in [0.25, 0.3) is 0 Å². The molecule has 168 valence electrons. The van der Waals surface area contributed by atoms with Crippen molar-refractivity contribution in [3.8, 4) is 0 Å². The van der Waals surface area contributed by atoms with E-state index in [1.165, 1.54) is 0 Å². The molecule has 8 nitrogen and oxygen atoms in total. The summed E-state index contributed by atoms with van der Waals surface area (Å²) in [4.78, 5) is 38.8. The molecule has 0 saturated carbocycles. The van der Waals surface area contributed by atoms with Gasteiger partial charge in [0.05, 0.1) is 6.54 Å². The summed E-state index contributed by atoms with van der Waals surface area (Å²) in [6.45, 7) is 6.82. The number of nitrogens with zero attached hydrogens (tertiary/aromatic N) is 2. The summed E-state index contributed by atoms with van der Waals surface area (Å²) in [5, 5.41) is 9.75. The van der Waals surface area contributed by atoms with Gasteiger partial charge < -0.3 is 15.2 Å². The number of carboxylic acid groups (broad SMARTS) is 1. The standard InChI is InChI=1S/C16H22FN3O3.C2HF3O2/c1-10-6-5-7-13(18-10)19-14(21)12-8-11(17)9-20(12)15(22)23-16(2,3)4;3-2(4,5)1(6)7/h5-7,11-12H,8-9H2,1-4H3,(H,18,19,21);(H,6,7)/t11-,12+;/m1./s1. The molecular formula is C18H23F4N3O5. The number of carbonyl (C=O) groups excluding carboxylic acids is 2. The molecule has 30 heavy (non-hydrogen) atoms. The van der Waals surface area contributed by atoms with Crippen LogP contribution >= 0.6 is 0 Å². The highest BCUT2D eigenvalue weighted by molar-refractivity contribution is 5.96. The second kappa shape index (κ2) is 9.72. The Morgan fingerprint density at radius 2 is 1.80 bits per heavy atom. The van der Waals surface area contributed by atoms with Crippen LogP contribution in [0.3, 0.4) is 0 Å². The van der Waals surface area contributed by atoms with Gasteiger partial charge in [-0.25, -0.2) is 19.0 Å². The van der Waals surface area contributed by atoms with Crippen LogP contribution < -0.4 is 5.32 Å². The smallest absolute Gasteiger partial charge is 0.475 e. The van der Waals surface area contributed by atoms with E-state index < -0.39 is 42.0 Å². The molecule has 12 heteroatoms. The molecule has 0 unspecified atom stereocenters. The van der Waals surface area contributed by atoms with Crippen molar-refractivity contribution in [1.29, 1.82) is 0 Å². The van der Waals surface area contributed by atoms with E-state index >= 15 is 0 Å². The predicted octanol–water partition coefficient (Wildman–Crippen LogP) is 3.31. The van der Waals surface area contributed by atoms with Gasteiger partial charge in [-0.1, -0.05) is 6.07 Å². The molecule has 0 bridgehead atoms. The molecule has 2 atom stereocenters. The van der Waals surface area contributed by atoms with Gasteiger partial charge in [-0.2, -0.15) is 13.2 Å². The first kappa shape index (κ1) is 25.1. The Kier molecular flexibility index (Phi) is 8.14. The largest absolute Gasteiger partial charge is 0.490 e. The monoisotopic (exact) mass is 437 g/mol. The van der Waals surface area contributed by atoms with Gasteiger partial charge in [0.25, 0.3) is 0 Å². The van der Waals surface area contributed by atoms with Gasteiger partial charge in [-0.05, 0) is 39.8 Å². The molecule has 0 spiro atoms. The molecule has 2 heterocycles. The first-order chi connectivity index (χ1) is 13.6. The second-order valence-corrected chi connectivity index (χ2v) is 7.44. The Labute approximate surface area is 170 Å². The van der Waals surface area contributed by atoms with Crippen molar-refractivity contribution >= 4 is 23.8 Å².